The second-order valence-electron chi connectivity index (χ2n) is 8.07. The predicted molar refractivity (Wildman–Crippen MR) is 112 cm³/mol. The van der Waals surface area contributed by atoms with Crippen LogP contribution in [0, 0.1) is 5.82 Å². The Morgan fingerprint density at radius 1 is 1.29 bits per heavy atom. The summed E-state index contributed by atoms with van der Waals surface area (Å²) in [7, 11) is -5.78. The minimum Gasteiger partial charge on any atom is -0.381 e. The first kappa shape index (κ1) is 24.9. The fourth-order valence-corrected chi connectivity index (χ4v) is 4.65. The average molecular weight is 516 g/mol. The lowest BCUT2D eigenvalue weighted by molar-refractivity contribution is -0.0869. The van der Waals surface area contributed by atoms with E-state index in [0.717, 1.165) is 11.8 Å². The third-order valence-electron chi connectivity index (χ3n) is 5.97. The van der Waals surface area contributed by atoms with Gasteiger partial charge < -0.3 is 13.8 Å². The fourth-order valence-electron chi connectivity index (χ4n) is 4.12. The topological polar surface area (TPSA) is 104 Å². The van der Waals surface area contributed by atoms with Crippen LogP contribution in [0.15, 0.2) is 48.3 Å². The molecule has 1 aliphatic heterocycles. The molecule has 0 radical (unpaired) electrons. The normalized spacial score (nSPS) is 22.0. The van der Waals surface area contributed by atoms with Gasteiger partial charge in [0.1, 0.15) is 23.0 Å². The summed E-state index contributed by atoms with van der Waals surface area (Å²) in [5, 5.41) is 3.86. The second-order valence-corrected chi connectivity index (χ2v) is 9.61. The quantitative estimate of drug-likeness (QED) is 0.258. The number of halogens is 4. The maximum Gasteiger partial charge on any atom is 0.534 e. The van der Waals surface area contributed by atoms with Gasteiger partial charge in [0.2, 0.25) is 0 Å². The molecular formula is C21H20F4N4O5S. The van der Waals surface area contributed by atoms with Gasteiger partial charge in [-0.05, 0) is 31.1 Å². The third-order valence-corrected chi connectivity index (χ3v) is 6.97. The van der Waals surface area contributed by atoms with Crippen LogP contribution in [0.25, 0.3) is 5.82 Å². The molecule has 2 aromatic rings. The molecule has 9 nitrogen and oxygen atoms in total. The van der Waals surface area contributed by atoms with E-state index in [0.29, 0.717) is 12.4 Å². The first-order valence-electron chi connectivity index (χ1n) is 10.5. The molecule has 0 amide bonds. The number of aromatic nitrogens is 3. The second kappa shape index (κ2) is 9.10. The molecule has 0 bridgehead atoms. The van der Waals surface area contributed by atoms with Crippen molar-refractivity contribution in [1.29, 1.82) is 0 Å². The Balaban J connectivity index is 1.52. The van der Waals surface area contributed by atoms with Gasteiger partial charge in [-0.25, -0.2) is 18.9 Å². The average Bonchev–Trinajstić information content (AvgIpc) is 3.25. The molecule has 1 spiro atoms. The molecule has 1 fully saturated rings. The molecule has 14 heteroatoms. The largest absolute Gasteiger partial charge is 0.534 e. The first-order valence-corrected chi connectivity index (χ1v) is 11.9. The highest BCUT2D eigenvalue weighted by atomic mass is 32.2. The van der Waals surface area contributed by atoms with Crippen LogP contribution in [0.5, 0.6) is 0 Å². The van der Waals surface area contributed by atoms with Crippen LogP contribution in [0.4, 0.5) is 17.6 Å². The summed E-state index contributed by atoms with van der Waals surface area (Å²) in [6.45, 7) is 2.40. The Morgan fingerprint density at radius 2 is 2.06 bits per heavy atom. The van der Waals surface area contributed by atoms with Gasteiger partial charge in [-0.15, -0.1) is 0 Å². The molecule has 2 aromatic heterocycles. The van der Waals surface area contributed by atoms with Crippen molar-refractivity contribution in [2.75, 3.05) is 13.2 Å². The standard InChI is InChI=1S/C21H20F4N4O5S/c1-14(15-2-3-19(26-10-15)29-12-16(22)11-27-29)28-8-9-33-20(18(28)13-30)6-4-17(5-7-20)34-35(31,32)21(23,24)25/h2-4,10-12,14H,5-9H2,1H3/t14-,20?/m0/s1. The monoisotopic (exact) mass is 516 g/mol. The minimum absolute atomic E-state index is 0.0298. The van der Waals surface area contributed by atoms with Gasteiger partial charge in [0.05, 0.1) is 25.0 Å². The number of alkyl halides is 3. The lowest BCUT2D eigenvalue weighted by Crippen LogP contribution is -2.51. The van der Waals surface area contributed by atoms with E-state index < -0.39 is 27.0 Å². The van der Waals surface area contributed by atoms with E-state index in [1.165, 1.54) is 17.0 Å². The van der Waals surface area contributed by atoms with E-state index in [1.807, 2.05) is 12.9 Å². The van der Waals surface area contributed by atoms with Crippen molar-refractivity contribution in [3.8, 4) is 5.82 Å². The highest BCUT2D eigenvalue weighted by Gasteiger charge is 2.50. The molecule has 1 aliphatic carbocycles. The molecular weight excluding hydrogens is 496 g/mol. The van der Waals surface area contributed by atoms with E-state index in [1.54, 1.807) is 23.2 Å². The van der Waals surface area contributed by atoms with Gasteiger partial charge >= 0.3 is 15.6 Å². The molecule has 0 N–H and O–H groups in total. The fraction of sp³-hybridized carbons (Fsp3) is 0.429. The zero-order valence-corrected chi connectivity index (χ0v) is 19.1. The first-order chi connectivity index (χ1) is 16.5. The summed E-state index contributed by atoms with van der Waals surface area (Å²) in [4.78, 5) is 18.1. The third kappa shape index (κ3) is 4.81. The zero-order chi connectivity index (χ0) is 25.4. The van der Waals surface area contributed by atoms with Crippen LogP contribution < -0.4 is 0 Å². The van der Waals surface area contributed by atoms with Crippen molar-refractivity contribution in [2.45, 2.75) is 43.3 Å². The maximum absolute atomic E-state index is 13.2. The summed E-state index contributed by atoms with van der Waals surface area (Å²) in [6, 6.07) is 3.05. The number of hydrogen-bond acceptors (Lipinski definition) is 8. The van der Waals surface area contributed by atoms with Gasteiger partial charge in [-0.1, -0.05) is 6.07 Å². The number of pyridine rings is 1. The Bertz CT molecular complexity index is 1290. The van der Waals surface area contributed by atoms with Crippen LogP contribution in [-0.2, 0) is 23.8 Å². The molecule has 2 atom stereocenters. The SMILES string of the molecule is C[C@@H](c1ccc(-n2cc(F)cn2)nc1)N1CCOC2(CC=C(OS(=O)(=O)C(F)(F)F)CC2)C1=C=O. The van der Waals surface area contributed by atoms with Gasteiger partial charge in [-0.3, -0.25) is 0 Å². The van der Waals surface area contributed by atoms with Crippen LogP contribution >= 0.6 is 0 Å². The summed E-state index contributed by atoms with van der Waals surface area (Å²) >= 11 is 0. The van der Waals surface area contributed by atoms with Crippen LogP contribution in [0.3, 0.4) is 0 Å². The Kier molecular flexibility index (Phi) is 6.47. The summed E-state index contributed by atoms with van der Waals surface area (Å²) in [6.07, 6.45) is 4.78. The van der Waals surface area contributed by atoms with Gasteiger partial charge in [-0.2, -0.15) is 26.7 Å². The molecule has 3 heterocycles. The minimum atomic E-state index is -5.78. The maximum atomic E-state index is 13.2. The number of ether oxygens (including phenoxy) is 1. The molecule has 4 rings (SSSR count). The van der Waals surface area contributed by atoms with E-state index >= 15 is 0 Å². The molecule has 0 aromatic carbocycles. The lowest BCUT2D eigenvalue weighted by atomic mass is 9.83. The summed E-state index contributed by atoms with van der Waals surface area (Å²) < 4.78 is 85.1. The number of morpholine rings is 1. The van der Waals surface area contributed by atoms with E-state index in [-0.39, 0.29) is 43.4 Å². The number of hydrogen-bond donors (Lipinski definition) is 0. The van der Waals surface area contributed by atoms with E-state index in [9.17, 15) is 30.8 Å². The highest BCUT2D eigenvalue weighted by Crippen LogP contribution is 2.43. The van der Waals surface area contributed by atoms with Gasteiger partial charge in [0.25, 0.3) is 0 Å². The lowest BCUT2D eigenvalue weighted by Gasteiger charge is -2.47. The van der Waals surface area contributed by atoms with Gasteiger partial charge in [0, 0.05) is 25.6 Å². The predicted octanol–water partition coefficient (Wildman–Crippen LogP) is 3.19. The molecule has 35 heavy (non-hydrogen) atoms. The Hall–Kier alpha value is -3.22. The smallest absolute Gasteiger partial charge is 0.381 e. The molecule has 188 valence electrons. The Labute approximate surface area is 197 Å². The van der Waals surface area contributed by atoms with Crippen molar-refractivity contribution >= 4 is 16.1 Å². The number of allylic oxidation sites excluding steroid dienone is 1. The summed E-state index contributed by atoms with van der Waals surface area (Å²) in [5.74, 6) is 1.45. The van der Waals surface area contributed by atoms with E-state index in [4.69, 9.17) is 4.74 Å². The number of rotatable bonds is 5. The van der Waals surface area contributed by atoms with E-state index in [2.05, 4.69) is 14.3 Å². The summed E-state index contributed by atoms with van der Waals surface area (Å²) in [5.41, 5.74) is -5.82. The molecule has 1 unspecified atom stereocenters. The molecule has 2 aliphatic rings. The number of carbonyl (C=O) groups excluding carboxylic acids is 1. The number of nitrogens with zero attached hydrogens (tertiary/aromatic N) is 4. The van der Waals surface area contributed by atoms with Crippen molar-refractivity contribution in [2.24, 2.45) is 0 Å². The van der Waals surface area contributed by atoms with Gasteiger partial charge in [0.15, 0.2) is 11.6 Å². The van der Waals surface area contributed by atoms with Crippen molar-refractivity contribution < 1.29 is 39.7 Å². The van der Waals surface area contributed by atoms with Crippen molar-refractivity contribution in [3.05, 3.63) is 59.6 Å². The van der Waals surface area contributed by atoms with Crippen LogP contribution in [0.2, 0.25) is 0 Å². The van der Waals surface area contributed by atoms with Crippen LogP contribution in [0.1, 0.15) is 37.8 Å². The molecule has 1 saturated heterocycles. The van der Waals surface area contributed by atoms with Crippen molar-refractivity contribution in [3.63, 3.8) is 0 Å². The van der Waals surface area contributed by atoms with Crippen molar-refractivity contribution in [1.82, 2.24) is 19.7 Å². The Morgan fingerprint density at radius 3 is 2.60 bits per heavy atom. The zero-order valence-electron chi connectivity index (χ0n) is 18.3. The highest BCUT2D eigenvalue weighted by molar-refractivity contribution is 7.87. The van der Waals surface area contributed by atoms with Crippen LogP contribution in [-0.4, -0.2) is 58.3 Å². The molecule has 0 saturated carbocycles.